The van der Waals surface area contributed by atoms with E-state index in [2.05, 4.69) is 15.9 Å². The molecule has 0 radical (unpaired) electrons. The van der Waals surface area contributed by atoms with E-state index < -0.39 is 5.97 Å². The highest BCUT2D eigenvalue weighted by atomic mass is 79.9. The Bertz CT molecular complexity index is 452. The number of nitrogens with two attached hydrogens (primary N) is 1. The van der Waals surface area contributed by atoms with Gasteiger partial charge in [0.15, 0.2) is 0 Å². The predicted molar refractivity (Wildman–Crippen MR) is 62.7 cm³/mol. The molecule has 0 atom stereocenters. The van der Waals surface area contributed by atoms with Crippen LogP contribution in [0.2, 0.25) is 0 Å². The Morgan fingerprint density at radius 3 is 2.81 bits per heavy atom. The van der Waals surface area contributed by atoms with E-state index in [1.807, 2.05) is 6.07 Å². The fourth-order valence-electron chi connectivity index (χ4n) is 1.29. The van der Waals surface area contributed by atoms with Crippen LogP contribution in [0.3, 0.4) is 0 Å². The van der Waals surface area contributed by atoms with Crippen LogP contribution in [-0.4, -0.2) is 12.6 Å². The van der Waals surface area contributed by atoms with E-state index in [-0.39, 0.29) is 6.54 Å². The second-order valence-corrected chi connectivity index (χ2v) is 3.78. The fraction of sp³-hybridized carbons (Fsp3) is 0.273. The summed E-state index contributed by atoms with van der Waals surface area (Å²) >= 11 is 3.27. The zero-order valence-corrected chi connectivity index (χ0v) is 10.4. The Labute approximate surface area is 102 Å². The average Bonchev–Trinajstić information content (AvgIpc) is 2.28. The molecule has 1 aromatic carbocycles. The molecule has 0 aliphatic carbocycles. The van der Waals surface area contributed by atoms with Gasteiger partial charge in [-0.05, 0) is 40.5 Å². The molecule has 84 valence electrons. The maximum absolute atomic E-state index is 11.6. The van der Waals surface area contributed by atoms with Gasteiger partial charge in [-0.3, -0.25) is 0 Å². The minimum absolute atomic E-state index is 0.191. The van der Waals surface area contributed by atoms with Crippen LogP contribution in [0.1, 0.15) is 28.4 Å². The molecule has 1 rings (SSSR count). The summed E-state index contributed by atoms with van der Waals surface area (Å²) < 4.78 is 5.42. The topological polar surface area (TPSA) is 76.1 Å². The number of nitrogens with zero attached hydrogens (tertiary/aromatic N) is 1. The SMILES string of the molecule is CCOC(=O)c1ccc(C#N)c(CN)c1Br. The largest absolute Gasteiger partial charge is 0.462 e. The lowest BCUT2D eigenvalue weighted by Crippen LogP contribution is -2.09. The van der Waals surface area contributed by atoms with Gasteiger partial charge in [-0.2, -0.15) is 5.26 Å². The van der Waals surface area contributed by atoms with Crippen LogP contribution in [0.4, 0.5) is 0 Å². The van der Waals surface area contributed by atoms with Crippen LogP contribution in [0.15, 0.2) is 16.6 Å². The van der Waals surface area contributed by atoms with Gasteiger partial charge in [0.05, 0.1) is 23.8 Å². The summed E-state index contributed by atoms with van der Waals surface area (Å²) in [4.78, 5) is 11.6. The number of carbonyl (C=O) groups is 1. The lowest BCUT2D eigenvalue weighted by Gasteiger charge is -2.09. The summed E-state index contributed by atoms with van der Waals surface area (Å²) in [7, 11) is 0. The van der Waals surface area contributed by atoms with Crippen molar-refractivity contribution < 1.29 is 9.53 Å². The van der Waals surface area contributed by atoms with Crippen molar-refractivity contribution in [1.82, 2.24) is 0 Å². The third-order valence-electron chi connectivity index (χ3n) is 2.06. The van der Waals surface area contributed by atoms with E-state index in [1.165, 1.54) is 0 Å². The average molecular weight is 283 g/mol. The fourth-order valence-corrected chi connectivity index (χ4v) is 1.96. The van der Waals surface area contributed by atoms with Crippen LogP contribution < -0.4 is 5.73 Å². The van der Waals surface area contributed by atoms with E-state index >= 15 is 0 Å². The molecule has 0 saturated heterocycles. The van der Waals surface area contributed by atoms with Gasteiger partial charge in [0.25, 0.3) is 0 Å². The van der Waals surface area contributed by atoms with Crippen molar-refractivity contribution in [1.29, 1.82) is 5.26 Å². The monoisotopic (exact) mass is 282 g/mol. The van der Waals surface area contributed by atoms with E-state index in [1.54, 1.807) is 19.1 Å². The first kappa shape index (κ1) is 12.7. The number of hydrogen-bond acceptors (Lipinski definition) is 4. The van der Waals surface area contributed by atoms with E-state index in [0.29, 0.717) is 27.8 Å². The number of nitriles is 1. The van der Waals surface area contributed by atoms with Gasteiger partial charge in [0.2, 0.25) is 0 Å². The number of carbonyl (C=O) groups excluding carboxylic acids is 1. The molecule has 0 aliphatic heterocycles. The first-order valence-corrected chi connectivity index (χ1v) is 5.53. The molecule has 2 N–H and O–H groups in total. The highest BCUT2D eigenvalue weighted by Crippen LogP contribution is 2.25. The van der Waals surface area contributed by atoms with Crippen molar-refractivity contribution in [3.63, 3.8) is 0 Å². The Balaban J connectivity index is 3.25. The summed E-state index contributed by atoms with van der Waals surface area (Å²) in [6.07, 6.45) is 0. The lowest BCUT2D eigenvalue weighted by molar-refractivity contribution is 0.0525. The third kappa shape index (κ3) is 2.40. The van der Waals surface area contributed by atoms with Gasteiger partial charge in [-0.25, -0.2) is 4.79 Å². The molecule has 0 heterocycles. The molecule has 5 heteroatoms. The highest BCUT2D eigenvalue weighted by Gasteiger charge is 2.16. The number of ether oxygens (including phenoxy) is 1. The van der Waals surface area contributed by atoms with E-state index in [0.717, 1.165) is 0 Å². The third-order valence-corrected chi connectivity index (χ3v) is 2.97. The van der Waals surface area contributed by atoms with Gasteiger partial charge >= 0.3 is 5.97 Å². The van der Waals surface area contributed by atoms with Crippen molar-refractivity contribution in [2.75, 3.05) is 6.61 Å². The van der Waals surface area contributed by atoms with Gasteiger partial charge in [0.1, 0.15) is 0 Å². The minimum Gasteiger partial charge on any atom is -0.462 e. The molecule has 0 spiro atoms. The highest BCUT2D eigenvalue weighted by molar-refractivity contribution is 9.10. The first-order valence-electron chi connectivity index (χ1n) is 4.74. The molecule has 16 heavy (non-hydrogen) atoms. The molecule has 0 aliphatic rings. The normalized spacial score (nSPS) is 9.62. The molecule has 0 fully saturated rings. The van der Waals surface area contributed by atoms with Gasteiger partial charge < -0.3 is 10.5 Å². The number of hydrogen-bond donors (Lipinski definition) is 1. The van der Waals surface area contributed by atoms with Crippen molar-refractivity contribution in [2.24, 2.45) is 5.73 Å². The number of esters is 1. The molecule has 0 unspecified atom stereocenters. The lowest BCUT2D eigenvalue weighted by atomic mass is 10.0. The molecule has 0 saturated carbocycles. The maximum atomic E-state index is 11.6. The molecular formula is C11H11BrN2O2. The zero-order chi connectivity index (χ0) is 12.1. The summed E-state index contributed by atoms with van der Waals surface area (Å²) in [6, 6.07) is 5.15. The second kappa shape index (κ2) is 5.64. The molecule has 0 bridgehead atoms. The molecular weight excluding hydrogens is 272 g/mol. The molecule has 1 aromatic rings. The van der Waals surface area contributed by atoms with Crippen LogP contribution in [-0.2, 0) is 11.3 Å². The quantitative estimate of drug-likeness (QED) is 0.860. The van der Waals surface area contributed by atoms with Crippen LogP contribution in [0.25, 0.3) is 0 Å². The van der Waals surface area contributed by atoms with Crippen LogP contribution in [0.5, 0.6) is 0 Å². The molecule has 0 amide bonds. The van der Waals surface area contributed by atoms with Crippen LogP contribution in [0, 0.1) is 11.3 Å². The van der Waals surface area contributed by atoms with E-state index in [9.17, 15) is 4.79 Å². The van der Waals surface area contributed by atoms with Crippen molar-refractivity contribution >= 4 is 21.9 Å². The van der Waals surface area contributed by atoms with Crippen molar-refractivity contribution in [3.8, 4) is 6.07 Å². The predicted octanol–water partition coefficient (Wildman–Crippen LogP) is 1.96. The Kier molecular flexibility index (Phi) is 4.47. The number of benzene rings is 1. The Hall–Kier alpha value is -1.38. The maximum Gasteiger partial charge on any atom is 0.339 e. The smallest absolute Gasteiger partial charge is 0.339 e. The summed E-state index contributed by atoms with van der Waals surface area (Å²) in [5.41, 5.74) is 7.01. The number of halogens is 1. The Morgan fingerprint density at radius 1 is 1.62 bits per heavy atom. The summed E-state index contributed by atoms with van der Waals surface area (Å²) in [5.74, 6) is -0.423. The standard InChI is InChI=1S/C11H11BrN2O2/c1-2-16-11(15)8-4-3-7(5-13)9(6-14)10(8)12/h3-4H,2,6,14H2,1H3. The minimum atomic E-state index is -0.423. The second-order valence-electron chi connectivity index (χ2n) is 2.99. The van der Waals surface area contributed by atoms with Gasteiger partial charge in [-0.15, -0.1) is 0 Å². The molecule has 4 nitrogen and oxygen atoms in total. The van der Waals surface area contributed by atoms with E-state index in [4.69, 9.17) is 15.7 Å². The number of rotatable bonds is 3. The Morgan fingerprint density at radius 2 is 2.31 bits per heavy atom. The molecule has 0 aromatic heterocycles. The summed E-state index contributed by atoms with van der Waals surface area (Å²) in [6.45, 7) is 2.24. The zero-order valence-electron chi connectivity index (χ0n) is 8.79. The van der Waals surface area contributed by atoms with Crippen molar-refractivity contribution in [3.05, 3.63) is 33.3 Å². The first-order chi connectivity index (χ1) is 7.65. The van der Waals surface area contributed by atoms with Gasteiger partial charge in [-0.1, -0.05) is 0 Å². The summed E-state index contributed by atoms with van der Waals surface area (Å²) in [5, 5.41) is 8.86. The van der Waals surface area contributed by atoms with Gasteiger partial charge in [0, 0.05) is 11.0 Å². The van der Waals surface area contributed by atoms with Crippen LogP contribution >= 0.6 is 15.9 Å². The van der Waals surface area contributed by atoms with Crippen molar-refractivity contribution in [2.45, 2.75) is 13.5 Å².